The lowest BCUT2D eigenvalue weighted by Crippen LogP contribution is -2.31. The molecule has 0 N–H and O–H groups in total. The maximum atomic E-state index is 13.6. The fourth-order valence-corrected chi connectivity index (χ4v) is 4.28. The van der Waals surface area contributed by atoms with E-state index in [1.807, 2.05) is 0 Å². The van der Waals surface area contributed by atoms with E-state index in [0.29, 0.717) is 5.92 Å². The Balaban J connectivity index is 2.27. The summed E-state index contributed by atoms with van der Waals surface area (Å²) in [7, 11) is -1.43. The summed E-state index contributed by atoms with van der Waals surface area (Å²) in [5, 5.41) is 8.89. The van der Waals surface area contributed by atoms with Gasteiger partial charge in [0.1, 0.15) is 5.82 Å². The van der Waals surface area contributed by atoms with Crippen LogP contribution in [-0.4, -0.2) is 9.46 Å². The summed E-state index contributed by atoms with van der Waals surface area (Å²) < 4.78 is 26.1. The minimum Gasteiger partial charge on any atom is -0.254 e. The van der Waals surface area contributed by atoms with Crippen LogP contribution in [0.3, 0.4) is 0 Å². The standard InChI is InChI=1S/C14H16FNOS/c1-10-6-7-11(9-16)14(8-10)18(17)13-5-3-2-4-12(13)15/h2-5,10-11,14H,6-8H2,1H3. The summed E-state index contributed by atoms with van der Waals surface area (Å²) in [5.41, 5.74) is 0. The third-order valence-electron chi connectivity index (χ3n) is 3.55. The Bertz CT molecular complexity index is 497. The Morgan fingerprint density at radius 1 is 1.39 bits per heavy atom. The monoisotopic (exact) mass is 265 g/mol. The number of hydrogen-bond donors (Lipinski definition) is 0. The van der Waals surface area contributed by atoms with Crippen LogP contribution in [0.1, 0.15) is 26.2 Å². The molecular weight excluding hydrogens is 249 g/mol. The van der Waals surface area contributed by atoms with Crippen molar-refractivity contribution in [3.8, 4) is 6.07 Å². The van der Waals surface area contributed by atoms with E-state index in [-0.39, 0.29) is 16.1 Å². The van der Waals surface area contributed by atoms with Gasteiger partial charge in [-0.1, -0.05) is 19.1 Å². The molecule has 0 aliphatic heterocycles. The molecule has 2 nitrogen and oxygen atoms in total. The zero-order valence-electron chi connectivity index (χ0n) is 10.3. The molecule has 0 aromatic heterocycles. The van der Waals surface area contributed by atoms with E-state index in [1.165, 1.54) is 6.07 Å². The molecule has 1 saturated carbocycles. The van der Waals surface area contributed by atoms with Crippen LogP contribution in [-0.2, 0) is 10.8 Å². The van der Waals surface area contributed by atoms with Gasteiger partial charge in [-0.05, 0) is 37.3 Å². The number of halogens is 1. The number of nitrogens with zero attached hydrogens (tertiary/aromatic N) is 1. The van der Waals surface area contributed by atoms with Crippen molar-refractivity contribution >= 4 is 10.8 Å². The Hall–Kier alpha value is -1.21. The molecule has 4 unspecified atom stereocenters. The van der Waals surface area contributed by atoms with Gasteiger partial charge < -0.3 is 0 Å². The van der Waals surface area contributed by atoms with Gasteiger partial charge in [-0.15, -0.1) is 0 Å². The van der Waals surface area contributed by atoms with Crippen molar-refractivity contribution in [2.75, 3.05) is 0 Å². The van der Waals surface area contributed by atoms with Crippen LogP contribution in [0.5, 0.6) is 0 Å². The smallest absolute Gasteiger partial charge is 0.139 e. The molecule has 0 spiro atoms. The highest BCUT2D eigenvalue weighted by atomic mass is 32.2. The van der Waals surface area contributed by atoms with Crippen molar-refractivity contribution in [3.63, 3.8) is 0 Å². The molecule has 1 aliphatic rings. The molecule has 0 radical (unpaired) electrons. The largest absolute Gasteiger partial charge is 0.254 e. The van der Waals surface area contributed by atoms with Crippen molar-refractivity contribution < 1.29 is 8.60 Å². The Labute approximate surface area is 109 Å². The quantitative estimate of drug-likeness (QED) is 0.823. The Morgan fingerprint density at radius 3 is 2.78 bits per heavy atom. The molecule has 0 bridgehead atoms. The molecular formula is C14H16FNOS. The lowest BCUT2D eigenvalue weighted by atomic mass is 9.83. The first-order valence-corrected chi connectivity index (χ1v) is 7.39. The SMILES string of the molecule is CC1CCC(C#N)C(S(=O)c2ccccc2F)C1. The molecule has 0 saturated heterocycles. The van der Waals surface area contributed by atoms with Crippen LogP contribution in [0.2, 0.25) is 0 Å². The van der Waals surface area contributed by atoms with Crippen LogP contribution in [0.25, 0.3) is 0 Å². The molecule has 4 atom stereocenters. The number of nitriles is 1. The highest BCUT2D eigenvalue weighted by molar-refractivity contribution is 7.85. The lowest BCUT2D eigenvalue weighted by Gasteiger charge is -2.30. The van der Waals surface area contributed by atoms with E-state index in [0.717, 1.165) is 19.3 Å². The van der Waals surface area contributed by atoms with Gasteiger partial charge >= 0.3 is 0 Å². The summed E-state index contributed by atoms with van der Waals surface area (Å²) in [4.78, 5) is 0.233. The molecule has 1 aromatic carbocycles. The van der Waals surface area contributed by atoms with E-state index in [4.69, 9.17) is 5.26 Å². The highest BCUT2D eigenvalue weighted by Gasteiger charge is 2.34. The van der Waals surface area contributed by atoms with Crippen molar-refractivity contribution in [1.29, 1.82) is 5.26 Å². The Morgan fingerprint density at radius 2 is 2.11 bits per heavy atom. The van der Waals surface area contributed by atoms with E-state index < -0.39 is 16.6 Å². The summed E-state index contributed by atoms with van der Waals surface area (Å²) in [6.45, 7) is 2.10. The molecule has 2 rings (SSSR count). The summed E-state index contributed by atoms with van der Waals surface area (Å²) in [6.07, 6.45) is 2.49. The summed E-state index contributed by atoms with van der Waals surface area (Å²) in [6, 6.07) is 8.37. The van der Waals surface area contributed by atoms with Gasteiger partial charge in [0.2, 0.25) is 0 Å². The average molecular weight is 265 g/mol. The van der Waals surface area contributed by atoms with Crippen LogP contribution >= 0.6 is 0 Å². The molecule has 4 heteroatoms. The highest BCUT2D eigenvalue weighted by Crippen LogP contribution is 2.34. The predicted octanol–water partition coefficient (Wildman–Crippen LogP) is 3.26. The summed E-state index contributed by atoms with van der Waals surface area (Å²) in [5.74, 6) is -0.206. The zero-order chi connectivity index (χ0) is 13.1. The number of hydrogen-bond acceptors (Lipinski definition) is 2. The first-order chi connectivity index (χ1) is 8.63. The molecule has 1 aliphatic carbocycles. The van der Waals surface area contributed by atoms with E-state index in [1.54, 1.807) is 18.2 Å². The van der Waals surface area contributed by atoms with Gasteiger partial charge in [0.15, 0.2) is 0 Å². The minimum absolute atomic E-state index is 0.221. The fraction of sp³-hybridized carbons (Fsp3) is 0.500. The molecule has 96 valence electrons. The van der Waals surface area contributed by atoms with Crippen molar-refractivity contribution in [3.05, 3.63) is 30.1 Å². The first-order valence-electron chi connectivity index (χ1n) is 6.18. The van der Waals surface area contributed by atoms with E-state index in [9.17, 15) is 8.60 Å². The number of benzene rings is 1. The van der Waals surface area contributed by atoms with Crippen LogP contribution in [0.15, 0.2) is 29.2 Å². The average Bonchev–Trinajstić information content (AvgIpc) is 2.38. The van der Waals surface area contributed by atoms with Crippen LogP contribution in [0.4, 0.5) is 4.39 Å². The lowest BCUT2D eigenvalue weighted by molar-refractivity contribution is 0.340. The first kappa shape index (κ1) is 13.2. The third kappa shape index (κ3) is 2.62. The molecule has 18 heavy (non-hydrogen) atoms. The summed E-state index contributed by atoms with van der Waals surface area (Å²) >= 11 is 0. The molecule has 0 amide bonds. The normalized spacial score (nSPS) is 29.5. The molecule has 0 heterocycles. The second-order valence-corrected chi connectivity index (χ2v) is 6.56. The second-order valence-electron chi connectivity index (χ2n) is 4.92. The third-order valence-corrected chi connectivity index (χ3v) is 5.38. The second kappa shape index (κ2) is 5.62. The topological polar surface area (TPSA) is 40.9 Å². The van der Waals surface area contributed by atoms with Crippen molar-refractivity contribution in [2.45, 2.75) is 36.3 Å². The van der Waals surface area contributed by atoms with E-state index >= 15 is 0 Å². The van der Waals surface area contributed by atoms with Gasteiger partial charge in [-0.3, -0.25) is 4.21 Å². The maximum Gasteiger partial charge on any atom is 0.139 e. The number of rotatable bonds is 2. The maximum absolute atomic E-state index is 13.6. The van der Waals surface area contributed by atoms with Crippen LogP contribution in [0, 0.1) is 29.0 Å². The zero-order valence-corrected chi connectivity index (χ0v) is 11.1. The van der Waals surface area contributed by atoms with Crippen molar-refractivity contribution in [1.82, 2.24) is 0 Å². The van der Waals surface area contributed by atoms with Crippen molar-refractivity contribution in [2.24, 2.45) is 11.8 Å². The molecule has 1 aromatic rings. The van der Waals surface area contributed by atoms with Crippen LogP contribution < -0.4 is 0 Å². The minimum atomic E-state index is -1.43. The van der Waals surface area contributed by atoms with Gasteiger partial charge in [0.05, 0.1) is 32.9 Å². The van der Waals surface area contributed by atoms with Gasteiger partial charge in [-0.2, -0.15) is 5.26 Å². The van der Waals surface area contributed by atoms with Gasteiger partial charge in [0.25, 0.3) is 0 Å². The molecule has 1 fully saturated rings. The Kier molecular flexibility index (Phi) is 4.13. The predicted molar refractivity (Wildman–Crippen MR) is 68.7 cm³/mol. The van der Waals surface area contributed by atoms with Gasteiger partial charge in [0, 0.05) is 0 Å². The van der Waals surface area contributed by atoms with Gasteiger partial charge in [-0.25, -0.2) is 4.39 Å². The van der Waals surface area contributed by atoms with E-state index in [2.05, 4.69) is 13.0 Å². The fourth-order valence-electron chi connectivity index (χ4n) is 2.48.